The molecule has 142 valence electrons. The van der Waals surface area contributed by atoms with E-state index in [4.69, 9.17) is 9.47 Å². The molecule has 0 fully saturated rings. The first-order valence-electron chi connectivity index (χ1n) is 8.39. The number of amides is 1. The minimum atomic E-state index is -0.629. The van der Waals surface area contributed by atoms with Gasteiger partial charge in [0.05, 0.1) is 19.9 Å². The number of fused-ring (bicyclic) bond motifs is 1. The summed E-state index contributed by atoms with van der Waals surface area (Å²) in [5, 5.41) is 0. The number of hydrogen-bond acceptors (Lipinski definition) is 5. The van der Waals surface area contributed by atoms with Crippen LogP contribution in [0.4, 0.5) is 10.6 Å². The molecule has 3 aromatic rings. The maximum atomic E-state index is 12.9. The summed E-state index contributed by atoms with van der Waals surface area (Å²) in [4.78, 5) is 23.2. The molecule has 0 spiro atoms. The highest BCUT2D eigenvalue weighted by atomic mass is 79.9. The average Bonchev–Trinajstić information content (AvgIpc) is 3.10. The van der Waals surface area contributed by atoms with Crippen molar-refractivity contribution < 1.29 is 14.3 Å². The number of ether oxygens (including phenoxy) is 2. The number of imidazole rings is 1. The van der Waals surface area contributed by atoms with E-state index in [1.165, 1.54) is 4.90 Å². The minimum Gasteiger partial charge on any atom is -0.497 e. The largest absolute Gasteiger partial charge is 0.497 e. The fraction of sp³-hybridized carbons (Fsp3) is 0.316. The lowest BCUT2D eigenvalue weighted by Crippen LogP contribution is -2.37. The van der Waals surface area contributed by atoms with Gasteiger partial charge < -0.3 is 9.47 Å². The van der Waals surface area contributed by atoms with Crippen LogP contribution < -0.4 is 9.64 Å². The van der Waals surface area contributed by atoms with Crippen molar-refractivity contribution in [2.24, 2.45) is 0 Å². The Hall–Kier alpha value is -2.61. The Labute approximate surface area is 166 Å². The van der Waals surface area contributed by atoms with Crippen LogP contribution in [-0.2, 0) is 11.3 Å². The van der Waals surface area contributed by atoms with E-state index in [9.17, 15) is 4.79 Å². The number of nitrogens with zero attached hydrogens (tertiary/aromatic N) is 4. The van der Waals surface area contributed by atoms with Crippen molar-refractivity contribution in [3.8, 4) is 5.75 Å². The Bertz CT molecular complexity index is 948. The van der Waals surface area contributed by atoms with Gasteiger partial charge in [0.2, 0.25) is 0 Å². The Morgan fingerprint density at radius 3 is 2.56 bits per heavy atom. The molecule has 0 unspecified atom stereocenters. The second-order valence-corrected chi connectivity index (χ2v) is 7.75. The predicted molar refractivity (Wildman–Crippen MR) is 106 cm³/mol. The Morgan fingerprint density at radius 2 is 1.93 bits per heavy atom. The molecule has 8 heteroatoms. The third-order valence-corrected chi connectivity index (χ3v) is 4.32. The number of carbonyl (C=O) groups excluding carboxylic acids is 1. The van der Waals surface area contributed by atoms with E-state index in [0.717, 1.165) is 15.9 Å². The van der Waals surface area contributed by atoms with Gasteiger partial charge in [0.25, 0.3) is 0 Å². The van der Waals surface area contributed by atoms with E-state index >= 15 is 0 Å². The number of aromatic nitrogens is 3. The fourth-order valence-electron chi connectivity index (χ4n) is 2.52. The maximum absolute atomic E-state index is 12.9. The van der Waals surface area contributed by atoms with Gasteiger partial charge in [-0.15, -0.1) is 0 Å². The molecule has 0 saturated heterocycles. The highest BCUT2D eigenvalue weighted by molar-refractivity contribution is 9.10. The van der Waals surface area contributed by atoms with Crippen molar-refractivity contribution in [2.75, 3.05) is 12.0 Å². The molecule has 0 aliphatic carbocycles. The van der Waals surface area contributed by atoms with Gasteiger partial charge in [-0.05, 0) is 54.4 Å². The van der Waals surface area contributed by atoms with Crippen LogP contribution in [0.1, 0.15) is 26.3 Å². The van der Waals surface area contributed by atoms with Crippen LogP contribution in [0.5, 0.6) is 5.75 Å². The smallest absolute Gasteiger partial charge is 0.416 e. The highest BCUT2D eigenvalue weighted by Crippen LogP contribution is 2.25. The van der Waals surface area contributed by atoms with Gasteiger partial charge in [-0.3, -0.25) is 9.30 Å². The summed E-state index contributed by atoms with van der Waals surface area (Å²) in [7, 11) is 1.61. The standard InChI is InChI=1S/C19H21BrN4O3/c1-19(2,3)27-18(25)24(12-13-5-7-14(26-4)8-6-13)17-16-21-9-10-23(16)15(20)11-22-17/h5-11H,12H2,1-4H3. The van der Waals surface area contributed by atoms with Gasteiger partial charge >= 0.3 is 6.09 Å². The summed E-state index contributed by atoms with van der Waals surface area (Å²) in [6.45, 7) is 5.78. The number of carbonyl (C=O) groups is 1. The van der Waals surface area contributed by atoms with Gasteiger partial charge in [0.15, 0.2) is 11.5 Å². The molecule has 0 aliphatic heterocycles. The third kappa shape index (κ3) is 4.39. The number of hydrogen-bond donors (Lipinski definition) is 0. The van der Waals surface area contributed by atoms with Gasteiger partial charge in [0, 0.05) is 12.4 Å². The van der Waals surface area contributed by atoms with Gasteiger partial charge in [-0.25, -0.2) is 14.8 Å². The maximum Gasteiger partial charge on any atom is 0.416 e. The molecule has 0 aliphatic rings. The summed E-state index contributed by atoms with van der Waals surface area (Å²) >= 11 is 3.44. The first-order chi connectivity index (χ1) is 12.8. The molecule has 0 radical (unpaired) electrons. The lowest BCUT2D eigenvalue weighted by Gasteiger charge is -2.27. The van der Waals surface area contributed by atoms with Crippen molar-refractivity contribution in [1.82, 2.24) is 14.4 Å². The summed E-state index contributed by atoms with van der Waals surface area (Å²) in [5.41, 5.74) is 0.843. The highest BCUT2D eigenvalue weighted by Gasteiger charge is 2.27. The van der Waals surface area contributed by atoms with Gasteiger partial charge in [-0.2, -0.15) is 0 Å². The summed E-state index contributed by atoms with van der Waals surface area (Å²) < 4.78 is 13.4. The topological polar surface area (TPSA) is 69.0 Å². The van der Waals surface area contributed by atoms with E-state index < -0.39 is 11.7 Å². The van der Waals surface area contributed by atoms with Crippen LogP contribution >= 0.6 is 15.9 Å². The van der Waals surface area contributed by atoms with Crippen LogP contribution in [0.15, 0.2) is 47.5 Å². The Kier molecular flexibility index (Phi) is 5.36. The summed E-state index contributed by atoms with van der Waals surface area (Å²) in [6.07, 6.45) is 4.60. The zero-order chi connectivity index (χ0) is 19.6. The molecular weight excluding hydrogens is 412 g/mol. The van der Waals surface area contributed by atoms with E-state index in [-0.39, 0.29) is 6.54 Å². The number of rotatable bonds is 4. The van der Waals surface area contributed by atoms with Gasteiger partial charge in [-0.1, -0.05) is 12.1 Å². The zero-order valence-electron chi connectivity index (χ0n) is 15.6. The molecule has 27 heavy (non-hydrogen) atoms. The molecule has 1 amide bonds. The summed E-state index contributed by atoms with van der Waals surface area (Å²) in [5.74, 6) is 1.17. The molecule has 0 atom stereocenters. The molecule has 2 aromatic heterocycles. The third-order valence-electron chi connectivity index (χ3n) is 3.73. The lowest BCUT2D eigenvalue weighted by atomic mass is 10.2. The fourth-order valence-corrected chi connectivity index (χ4v) is 2.91. The van der Waals surface area contributed by atoms with Crippen LogP contribution in [-0.4, -0.2) is 33.2 Å². The van der Waals surface area contributed by atoms with Crippen molar-refractivity contribution in [2.45, 2.75) is 32.9 Å². The van der Waals surface area contributed by atoms with Crippen molar-refractivity contribution in [1.29, 1.82) is 0 Å². The second-order valence-electron chi connectivity index (χ2n) is 6.94. The molecule has 1 aromatic carbocycles. The second kappa shape index (κ2) is 7.56. The van der Waals surface area contributed by atoms with Crippen molar-refractivity contribution in [3.05, 3.63) is 53.0 Å². The number of halogens is 1. The van der Waals surface area contributed by atoms with E-state index in [0.29, 0.717) is 11.5 Å². The van der Waals surface area contributed by atoms with Crippen molar-refractivity contribution in [3.63, 3.8) is 0 Å². The number of benzene rings is 1. The molecule has 2 heterocycles. The molecule has 7 nitrogen and oxygen atoms in total. The van der Waals surface area contributed by atoms with Crippen LogP contribution in [0.25, 0.3) is 5.65 Å². The molecule has 3 rings (SSSR count). The van der Waals surface area contributed by atoms with Gasteiger partial charge in [0.1, 0.15) is 16.0 Å². The first-order valence-corrected chi connectivity index (χ1v) is 9.19. The average molecular weight is 433 g/mol. The normalized spacial score (nSPS) is 11.4. The molecule has 0 N–H and O–H groups in total. The van der Waals surface area contributed by atoms with E-state index in [2.05, 4.69) is 25.9 Å². The minimum absolute atomic E-state index is 0.288. The SMILES string of the molecule is COc1ccc(CN(C(=O)OC(C)(C)C)c2ncc(Br)n3ccnc23)cc1. The number of anilines is 1. The van der Waals surface area contributed by atoms with E-state index in [1.54, 1.807) is 25.7 Å². The number of methoxy groups -OCH3 is 1. The van der Waals surface area contributed by atoms with Crippen LogP contribution in [0.2, 0.25) is 0 Å². The Morgan fingerprint density at radius 1 is 1.22 bits per heavy atom. The van der Waals surface area contributed by atoms with Crippen LogP contribution in [0, 0.1) is 0 Å². The quantitative estimate of drug-likeness (QED) is 0.609. The predicted octanol–water partition coefficient (Wildman–Crippen LogP) is 4.44. The van der Waals surface area contributed by atoms with Crippen LogP contribution in [0.3, 0.4) is 0 Å². The van der Waals surface area contributed by atoms with E-state index in [1.807, 2.05) is 49.4 Å². The zero-order valence-corrected chi connectivity index (χ0v) is 17.2. The van der Waals surface area contributed by atoms with Crippen molar-refractivity contribution >= 4 is 33.5 Å². The summed E-state index contributed by atoms with van der Waals surface area (Å²) in [6, 6.07) is 7.50. The molecular formula is C19H21BrN4O3. The Balaban J connectivity index is 2.01. The monoisotopic (exact) mass is 432 g/mol. The lowest BCUT2D eigenvalue weighted by molar-refractivity contribution is 0.0576. The molecule has 0 bridgehead atoms. The molecule has 0 saturated carbocycles. The first kappa shape index (κ1) is 19.2.